The van der Waals surface area contributed by atoms with Crippen LogP contribution in [0.25, 0.3) is 22.2 Å². The number of benzene rings is 2. The van der Waals surface area contributed by atoms with Gasteiger partial charge in [0.05, 0.1) is 48.6 Å². The van der Waals surface area contributed by atoms with Gasteiger partial charge in [-0.3, -0.25) is 4.79 Å². The molecule has 9 nitrogen and oxygen atoms in total. The SMILES string of the molecule is Cc1c(CNc2cccc(C#N)c2)n(C(C)C)c2cc(-c3nc(N[C@@H]4CCOC[C@H]4O)ncc3F)ccc2c1=O. The third-order valence-electron chi connectivity index (χ3n) is 7.19. The Kier molecular flexibility index (Phi) is 7.78. The fourth-order valence-corrected chi connectivity index (χ4v) is 5.12. The summed E-state index contributed by atoms with van der Waals surface area (Å²) < 4.78 is 22.4. The van der Waals surface area contributed by atoms with Gasteiger partial charge in [0.1, 0.15) is 5.69 Å². The first-order valence-corrected chi connectivity index (χ1v) is 13.2. The van der Waals surface area contributed by atoms with Crippen LogP contribution in [0.15, 0.2) is 53.5 Å². The van der Waals surface area contributed by atoms with Gasteiger partial charge in [-0.15, -0.1) is 0 Å². The Bertz CT molecular complexity index is 1660. The van der Waals surface area contributed by atoms with Gasteiger partial charge in [-0.1, -0.05) is 12.1 Å². The third-order valence-corrected chi connectivity index (χ3v) is 7.19. The Morgan fingerprint density at radius 2 is 2.10 bits per heavy atom. The minimum Gasteiger partial charge on any atom is -0.389 e. The van der Waals surface area contributed by atoms with Crippen molar-refractivity contribution in [1.82, 2.24) is 14.5 Å². The number of nitrogens with zero attached hydrogens (tertiary/aromatic N) is 4. The molecule has 2 atom stereocenters. The molecule has 5 rings (SSSR count). The molecule has 0 saturated carbocycles. The number of fused-ring (bicyclic) bond motifs is 1. The van der Waals surface area contributed by atoms with E-state index < -0.39 is 11.9 Å². The molecule has 0 bridgehead atoms. The normalized spacial score (nSPS) is 17.1. The smallest absolute Gasteiger partial charge is 0.223 e. The van der Waals surface area contributed by atoms with Gasteiger partial charge >= 0.3 is 0 Å². The minimum absolute atomic E-state index is 0.0122. The second-order valence-corrected chi connectivity index (χ2v) is 10.2. The third kappa shape index (κ3) is 5.39. The topological polar surface area (TPSA) is 125 Å². The van der Waals surface area contributed by atoms with Crippen molar-refractivity contribution in [3.63, 3.8) is 0 Å². The van der Waals surface area contributed by atoms with Crippen LogP contribution in [0.4, 0.5) is 16.0 Å². The predicted molar refractivity (Wildman–Crippen MR) is 152 cm³/mol. The first kappa shape index (κ1) is 27.2. The van der Waals surface area contributed by atoms with Crippen LogP contribution in [0.5, 0.6) is 0 Å². The molecule has 2 aromatic carbocycles. The zero-order valence-corrected chi connectivity index (χ0v) is 22.6. The van der Waals surface area contributed by atoms with E-state index >= 15 is 4.39 Å². The molecule has 4 aromatic rings. The molecule has 0 radical (unpaired) electrons. The molecule has 206 valence electrons. The van der Waals surface area contributed by atoms with Crippen LogP contribution in [-0.4, -0.2) is 45.0 Å². The summed E-state index contributed by atoms with van der Waals surface area (Å²) >= 11 is 0. The largest absolute Gasteiger partial charge is 0.389 e. The lowest BCUT2D eigenvalue weighted by Gasteiger charge is -2.28. The summed E-state index contributed by atoms with van der Waals surface area (Å²) in [4.78, 5) is 21.9. The van der Waals surface area contributed by atoms with Gasteiger partial charge in [-0.2, -0.15) is 5.26 Å². The van der Waals surface area contributed by atoms with Gasteiger partial charge < -0.3 is 25.0 Å². The van der Waals surface area contributed by atoms with Crippen LogP contribution in [0.1, 0.15) is 43.1 Å². The lowest BCUT2D eigenvalue weighted by atomic mass is 10.0. The van der Waals surface area contributed by atoms with E-state index in [1.165, 1.54) is 0 Å². The van der Waals surface area contributed by atoms with E-state index in [0.717, 1.165) is 17.6 Å². The van der Waals surface area contributed by atoms with E-state index in [1.54, 1.807) is 36.4 Å². The highest BCUT2D eigenvalue weighted by atomic mass is 19.1. The summed E-state index contributed by atoms with van der Waals surface area (Å²) in [5, 5.41) is 26.4. The standard InChI is InChI=1S/C30H31FN6O3/c1-17(2)37-25-12-20(28-23(31)14-34-30(36-28)35-24-9-10-40-16-27(24)38)7-8-22(25)29(39)18(3)26(37)15-33-21-6-4-5-19(11-21)13-32/h4-8,11-12,14,17,24,27,33,38H,9-10,15-16H2,1-3H3,(H,34,35,36)/t24-,27-/m1/s1. The average molecular weight is 543 g/mol. The number of anilines is 2. The highest BCUT2D eigenvalue weighted by Crippen LogP contribution is 2.29. The molecule has 1 aliphatic heterocycles. The molecular weight excluding hydrogens is 511 g/mol. The van der Waals surface area contributed by atoms with Gasteiger partial charge in [-0.05, 0) is 57.5 Å². The van der Waals surface area contributed by atoms with Crippen LogP contribution in [0.3, 0.4) is 0 Å². The number of halogens is 1. The summed E-state index contributed by atoms with van der Waals surface area (Å²) in [6.07, 6.45) is 0.963. The van der Waals surface area contributed by atoms with Crippen LogP contribution in [-0.2, 0) is 11.3 Å². The molecule has 0 aliphatic carbocycles. The Balaban J connectivity index is 1.56. The Morgan fingerprint density at radius 1 is 1.27 bits per heavy atom. The first-order valence-electron chi connectivity index (χ1n) is 13.2. The van der Waals surface area contributed by atoms with Gasteiger partial charge in [0, 0.05) is 40.5 Å². The maximum Gasteiger partial charge on any atom is 0.223 e. The fourth-order valence-electron chi connectivity index (χ4n) is 5.12. The number of nitriles is 1. The van der Waals surface area contributed by atoms with Crippen LogP contribution in [0.2, 0.25) is 0 Å². The number of nitrogens with one attached hydrogen (secondary N) is 2. The maximum absolute atomic E-state index is 15.0. The molecule has 0 unspecified atom stereocenters. The zero-order chi connectivity index (χ0) is 28.4. The molecule has 3 heterocycles. The molecule has 40 heavy (non-hydrogen) atoms. The van der Waals surface area contributed by atoms with Gasteiger partial charge in [0.15, 0.2) is 11.2 Å². The highest BCUT2D eigenvalue weighted by Gasteiger charge is 2.25. The van der Waals surface area contributed by atoms with Gasteiger partial charge in [-0.25, -0.2) is 14.4 Å². The molecule has 1 fully saturated rings. The summed E-state index contributed by atoms with van der Waals surface area (Å²) in [7, 11) is 0. The molecule has 1 saturated heterocycles. The van der Waals surface area contributed by atoms with Crippen molar-refractivity contribution in [1.29, 1.82) is 5.26 Å². The van der Waals surface area contributed by atoms with E-state index in [2.05, 4.69) is 31.2 Å². The molecule has 0 amide bonds. The number of rotatable bonds is 7. The Hall–Kier alpha value is -4.33. The second kappa shape index (κ2) is 11.4. The van der Waals surface area contributed by atoms with E-state index in [-0.39, 0.29) is 35.8 Å². The van der Waals surface area contributed by atoms with Gasteiger partial charge in [0.2, 0.25) is 5.95 Å². The van der Waals surface area contributed by atoms with Crippen LogP contribution < -0.4 is 16.1 Å². The van der Waals surface area contributed by atoms with E-state index in [1.807, 2.05) is 26.8 Å². The van der Waals surface area contributed by atoms with Crippen molar-refractivity contribution in [2.45, 2.75) is 51.9 Å². The summed E-state index contributed by atoms with van der Waals surface area (Å²) in [6.45, 7) is 6.94. The van der Waals surface area contributed by atoms with E-state index in [9.17, 15) is 15.2 Å². The molecule has 1 aliphatic rings. The van der Waals surface area contributed by atoms with Crippen molar-refractivity contribution in [2.24, 2.45) is 0 Å². The first-order chi connectivity index (χ1) is 19.3. The van der Waals surface area contributed by atoms with Crippen LogP contribution >= 0.6 is 0 Å². The van der Waals surface area contributed by atoms with Crippen molar-refractivity contribution >= 4 is 22.5 Å². The number of pyridine rings is 1. The summed E-state index contributed by atoms with van der Waals surface area (Å²) in [5.74, 6) is -0.390. The van der Waals surface area contributed by atoms with Crippen LogP contribution in [0, 0.1) is 24.1 Å². The second-order valence-electron chi connectivity index (χ2n) is 10.2. The molecule has 3 N–H and O–H groups in total. The summed E-state index contributed by atoms with van der Waals surface area (Å²) in [5.41, 5.74) is 3.89. The number of aliphatic hydroxyl groups excluding tert-OH is 1. The minimum atomic E-state index is -0.718. The Labute approximate surface area is 231 Å². The van der Waals surface area contributed by atoms with Crippen molar-refractivity contribution in [3.8, 4) is 17.3 Å². The quantitative estimate of drug-likeness (QED) is 0.311. The number of hydrogen-bond acceptors (Lipinski definition) is 8. The Morgan fingerprint density at radius 3 is 2.85 bits per heavy atom. The lowest BCUT2D eigenvalue weighted by molar-refractivity contribution is -0.0136. The van der Waals surface area contributed by atoms with Crippen molar-refractivity contribution in [3.05, 3.63) is 81.5 Å². The average Bonchev–Trinajstić information content (AvgIpc) is 2.96. The van der Waals surface area contributed by atoms with E-state index in [0.29, 0.717) is 47.2 Å². The molecule has 0 spiro atoms. The number of aliphatic hydroxyl groups is 1. The highest BCUT2D eigenvalue weighted by molar-refractivity contribution is 5.85. The predicted octanol–water partition coefficient (Wildman–Crippen LogP) is 4.53. The van der Waals surface area contributed by atoms with Gasteiger partial charge in [0.25, 0.3) is 0 Å². The molecular formula is C30H31FN6O3. The maximum atomic E-state index is 15.0. The monoisotopic (exact) mass is 542 g/mol. The van der Waals surface area contributed by atoms with Crippen molar-refractivity contribution < 1.29 is 14.2 Å². The number of ether oxygens (including phenoxy) is 1. The zero-order valence-electron chi connectivity index (χ0n) is 22.6. The number of aromatic nitrogens is 3. The van der Waals surface area contributed by atoms with Crippen molar-refractivity contribution in [2.75, 3.05) is 23.8 Å². The van der Waals surface area contributed by atoms with E-state index in [4.69, 9.17) is 4.74 Å². The molecule has 10 heteroatoms. The molecule has 2 aromatic heterocycles. The number of hydrogen-bond donors (Lipinski definition) is 3. The summed E-state index contributed by atoms with van der Waals surface area (Å²) in [6, 6.07) is 14.2. The lowest BCUT2D eigenvalue weighted by Crippen LogP contribution is -2.42. The fraction of sp³-hybridized carbons (Fsp3) is 0.333.